The van der Waals surface area contributed by atoms with Crippen LogP contribution in [-0.2, 0) is 14.8 Å². The van der Waals surface area contributed by atoms with Gasteiger partial charge in [0.15, 0.2) is 11.6 Å². The lowest BCUT2D eigenvalue weighted by atomic mass is 9.70. The SMILES string of the molecule is CCN(CC)S(=O)(=O)c1ccc(-c2ccc([C@H]3C4=C(CC(C)(C)CC4=O)Nc4n[nH]c(C)c43)o2)cc1. The third kappa shape index (κ3) is 4.00. The van der Waals surface area contributed by atoms with Gasteiger partial charge >= 0.3 is 0 Å². The second kappa shape index (κ2) is 8.74. The molecule has 2 aliphatic rings. The van der Waals surface area contributed by atoms with E-state index in [0.29, 0.717) is 31.0 Å². The van der Waals surface area contributed by atoms with Gasteiger partial charge in [0, 0.05) is 47.6 Å². The van der Waals surface area contributed by atoms with Crippen molar-refractivity contribution in [1.29, 1.82) is 0 Å². The van der Waals surface area contributed by atoms with Crippen molar-refractivity contribution in [3.63, 3.8) is 0 Å². The zero-order valence-electron chi connectivity index (χ0n) is 21.3. The van der Waals surface area contributed by atoms with Crippen molar-refractivity contribution in [2.24, 2.45) is 5.41 Å². The Kier molecular flexibility index (Phi) is 5.95. The molecule has 1 atom stereocenters. The summed E-state index contributed by atoms with van der Waals surface area (Å²) in [6, 6.07) is 10.5. The van der Waals surface area contributed by atoms with E-state index in [1.54, 1.807) is 24.3 Å². The Hall–Kier alpha value is -3.17. The van der Waals surface area contributed by atoms with Gasteiger partial charge in [0.05, 0.1) is 10.8 Å². The smallest absolute Gasteiger partial charge is 0.243 e. The number of H-pyrrole nitrogens is 1. The lowest BCUT2D eigenvalue weighted by molar-refractivity contribution is -0.118. The molecule has 1 aliphatic carbocycles. The van der Waals surface area contributed by atoms with Gasteiger partial charge in [0.1, 0.15) is 11.5 Å². The molecule has 0 fully saturated rings. The Morgan fingerprint density at radius 2 is 1.78 bits per heavy atom. The molecule has 3 heterocycles. The van der Waals surface area contributed by atoms with Gasteiger partial charge in [0.25, 0.3) is 0 Å². The minimum absolute atomic E-state index is 0.119. The van der Waals surface area contributed by atoms with Crippen molar-refractivity contribution < 1.29 is 17.6 Å². The van der Waals surface area contributed by atoms with Crippen LogP contribution in [0.15, 0.2) is 57.0 Å². The number of rotatable bonds is 6. The first kappa shape index (κ1) is 24.5. The van der Waals surface area contributed by atoms with Crippen molar-refractivity contribution in [3.05, 3.63) is 64.7 Å². The molecule has 0 unspecified atom stereocenters. The summed E-state index contributed by atoms with van der Waals surface area (Å²) in [6.45, 7) is 10.6. The van der Waals surface area contributed by atoms with Gasteiger partial charge in [-0.15, -0.1) is 0 Å². The molecule has 8 nitrogen and oxygen atoms in total. The van der Waals surface area contributed by atoms with E-state index in [0.717, 1.165) is 40.3 Å². The van der Waals surface area contributed by atoms with Gasteiger partial charge in [0.2, 0.25) is 10.0 Å². The number of allylic oxidation sites excluding steroid dienone is 2. The maximum Gasteiger partial charge on any atom is 0.243 e. The Morgan fingerprint density at radius 1 is 1.08 bits per heavy atom. The van der Waals surface area contributed by atoms with E-state index in [4.69, 9.17) is 4.42 Å². The van der Waals surface area contributed by atoms with Crippen LogP contribution in [0, 0.1) is 12.3 Å². The molecular weight excluding hydrogens is 476 g/mol. The van der Waals surface area contributed by atoms with Crippen molar-refractivity contribution in [3.8, 4) is 11.3 Å². The minimum Gasteiger partial charge on any atom is -0.460 e. The van der Waals surface area contributed by atoms with Crippen LogP contribution in [0.4, 0.5) is 5.82 Å². The number of benzene rings is 1. The monoisotopic (exact) mass is 508 g/mol. The van der Waals surface area contributed by atoms with Crippen molar-refractivity contribution in [1.82, 2.24) is 14.5 Å². The Bertz CT molecular complexity index is 1460. The number of nitrogens with zero attached hydrogens (tertiary/aromatic N) is 2. The molecule has 190 valence electrons. The maximum absolute atomic E-state index is 13.4. The summed E-state index contributed by atoms with van der Waals surface area (Å²) in [5.74, 6) is 1.77. The summed E-state index contributed by atoms with van der Waals surface area (Å²) >= 11 is 0. The Balaban J connectivity index is 1.52. The van der Waals surface area contributed by atoms with Crippen LogP contribution in [-0.4, -0.2) is 41.8 Å². The van der Waals surface area contributed by atoms with E-state index in [1.165, 1.54) is 4.31 Å². The molecule has 0 saturated carbocycles. The fourth-order valence-corrected chi connectivity index (χ4v) is 6.86. The number of ketones is 1. The first-order valence-electron chi connectivity index (χ1n) is 12.3. The molecule has 5 rings (SSSR count). The van der Waals surface area contributed by atoms with Crippen LogP contribution in [0.5, 0.6) is 0 Å². The van der Waals surface area contributed by atoms with Crippen LogP contribution < -0.4 is 5.32 Å². The number of carbonyl (C=O) groups is 1. The van der Waals surface area contributed by atoms with Crippen LogP contribution in [0.2, 0.25) is 0 Å². The number of nitrogens with one attached hydrogen (secondary N) is 2. The number of Topliss-reactive ketones (excluding diaryl/α,β-unsaturated/α-hetero) is 1. The molecular formula is C27H32N4O4S. The van der Waals surface area contributed by atoms with Crippen LogP contribution in [0.3, 0.4) is 0 Å². The number of fused-ring (bicyclic) bond motifs is 1. The van der Waals surface area contributed by atoms with Gasteiger partial charge in [-0.3, -0.25) is 9.89 Å². The fraction of sp³-hybridized carbons (Fsp3) is 0.407. The molecule has 9 heteroatoms. The largest absolute Gasteiger partial charge is 0.460 e. The third-order valence-electron chi connectivity index (χ3n) is 7.15. The third-order valence-corrected chi connectivity index (χ3v) is 9.22. The zero-order valence-corrected chi connectivity index (χ0v) is 22.1. The predicted octanol–water partition coefficient (Wildman–Crippen LogP) is 5.21. The molecule has 1 aliphatic heterocycles. The number of anilines is 1. The molecule has 0 saturated heterocycles. The predicted molar refractivity (Wildman–Crippen MR) is 138 cm³/mol. The van der Waals surface area contributed by atoms with E-state index in [9.17, 15) is 13.2 Å². The average Bonchev–Trinajstić information content (AvgIpc) is 3.45. The van der Waals surface area contributed by atoms with Crippen LogP contribution in [0.25, 0.3) is 11.3 Å². The quantitative estimate of drug-likeness (QED) is 0.473. The van der Waals surface area contributed by atoms with E-state index < -0.39 is 10.0 Å². The van der Waals surface area contributed by atoms with Crippen molar-refractivity contribution in [2.75, 3.05) is 18.4 Å². The molecule has 0 amide bonds. The van der Waals surface area contributed by atoms with Gasteiger partial charge in [-0.2, -0.15) is 9.40 Å². The number of aromatic nitrogens is 2. The van der Waals surface area contributed by atoms with Gasteiger partial charge in [-0.25, -0.2) is 8.42 Å². The number of sulfonamides is 1. The first-order valence-corrected chi connectivity index (χ1v) is 13.8. The van der Waals surface area contributed by atoms with Crippen LogP contribution in [0.1, 0.15) is 63.5 Å². The second-order valence-corrected chi connectivity index (χ2v) is 12.3. The highest BCUT2D eigenvalue weighted by molar-refractivity contribution is 7.89. The van der Waals surface area contributed by atoms with Gasteiger partial charge < -0.3 is 9.73 Å². The lowest BCUT2D eigenvalue weighted by Gasteiger charge is -2.37. The van der Waals surface area contributed by atoms with E-state index >= 15 is 0 Å². The number of furan rings is 1. The summed E-state index contributed by atoms with van der Waals surface area (Å²) in [5, 5.41) is 10.9. The van der Waals surface area contributed by atoms with E-state index in [-0.39, 0.29) is 22.0 Å². The standard InChI is InChI=1S/C27H32N4O4S/c1-6-31(7-2)36(33,34)18-10-8-17(9-11-18)21-12-13-22(35-21)25-23-16(3)29-30-26(23)28-19-14-27(4,5)15-20(32)24(19)25/h8-13,25H,6-7,14-15H2,1-5H3,(H2,28,29,30)/t25-/m1/s1. The summed E-state index contributed by atoms with van der Waals surface area (Å²) in [5.41, 5.74) is 4.09. The average molecular weight is 509 g/mol. The molecule has 2 N–H and O–H groups in total. The minimum atomic E-state index is -3.53. The summed E-state index contributed by atoms with van der Waals surface area (Å²) in [4.78, 5) is 13.6. The number of carbonyl (C=O) groups excluding carboxylic acids is 1. The first-order chi connectivity index (χ1) is 17.1. The summed E-state index contributed by atoms with van der Waals surface area (Å²) in [7, 11) is -3.53. The normalized spacial score (nSPS) is 19.3. The highest BCUT2D eigenvalue weighted by Crippen LogP contribution is 2.49. The highest BCUT2D eigenvalue weighted by atomic mass is 32.2. The van der Waals surface area contributed by atoms with Gasteiger partial charge in [-0.05, 0) is 55.2 Å². The van der Waals surface area contributed by atoms with Crippen LogP contribution >= 0.6 is 0 Å². The molecule has 0 radical (unpaired) electrons. The summed E-state index contributed by atoms with van der Waals surface area (Å²) in [6.07, 6.45) is 1.23. The van der Waals surface area contributed by atoms with Crippen molar-refractivity contribution in [2.45, 2.75) is 58.3 Å². The van der Waals surface area contributed by atoms with E-state index in [1.807, 2.05) is 32.9 Å². The zero-order chi connectivity index (χ0) is 25.8. The number of hydrogen-bond acceptors (Lipinski definition) is 6. The Labute approximate surface area is 211 Å². The number of aromatic amines is 1. The number of hydrogen-bond donors (Lipinski definition) is 2. The lowest BCUT2D eigenvalue weighted by Crippen LogP contribution is -2.33. The topological polar surface area (TPSA) is 108 Å². The summed E-state index contributed by atoms with van der Waals surface area (Å²) < 4.78 is 33.4. The molecule has 0 bridgehead atoms. The highest BCUT2D eigenvalue weighted by Gasteiger charge is 2.43. The molecule has 2 aromatic heterocycles. The molecule has 36 heavy (non-hydrogen) atoms. The fourth-order valence-electron chi connectivity index (χ4n) is 5.41. The van der Waals surface area contributed by atoms with Gasteiger partial charge in [-0.1, -0.05) is 27.7 Å². The number of aryl methyl sites for hydroxylation is 1. The maximum atomic E-state index is 13.4. The van der Waals surface area contributed by atoms with E-state index in [2.05, 4.69) is 29.4 Å². The molecule has 0 spiro atoms. The molecule has 1 aromatic carbocycles. The van der Waals surface area contributed by atoms with Crippen molar-refractivity contribution >= 4 is 21.6 Å². The molecule has 3 aromatic rings. The second-order valence-electron chi connectivity index (χ2n) is 10.3. The Morgan fingerprint density at radius 3 is 2.44 bits per heavy atom.